The Morgan fingerprint density at radius 1 is 1.27 bits per heavy atom. The van der Waals surface area contributed by atoms with Gasteiger partial charge in [0.1, 0.15) is 0 Å². The second-order valence-electron chi connectivity index (χ2n) is 5.29. The number of nitrogens with zero attached hydrogens (tertiary/aromatic N) is 3. The number of hydrazine groups is 1. The van der Waals surface area contributed by atoms with E-state index in [1.807, 2.05) is 19.9 Å². The zero-order valence-corrected chi connectivity index (χ0v) is 14.0. The van der Waals surface area contributed by atoms with Crippen LogP contribution in [0.3, 0.4) is 0 Å². The molecule has 3 N–H and O–H groups in total. The fourth-order valence-corrected chi connectivity index (χ4v) is 2.42. The number of hydrogen-bond donors (Lipinski definition) is 3. The van der Waals surface area contributed by atoms with E-state index < -0.39 is 0 Å². The third kappa shape index (κ3) is 6.08. The van der Waals surface area contributed by atoms with Gasteiger partial charge in [0.05, 0.1) is 13.2 Å². The lowest BCUT2D eigenvalue weighted by molar-refractivity contribution is 0.0376. The summed E-state index contributed by atoms with van der Waals surface area (Å²) in [5.74, 6) is 0.523. The zero-order chi connectivity index (χ0) is 15.8. The van der Waals surface area contributed by atoms with Gasteiger partial charge >= 0.3 is 0 Å². The number of anilines is 1. The Bertz CT molecular complexity index is 472. The summed E-state index contributed by atoms with van der Waals surface area (Å²) >= 11 is 5.21. The largest absolute Gasteiger partial charge is 0.379 e. The highest BCUT2D eigenvalue weighted by Crippen LogP contribution is 2.02. The van der Waals surface area contributed by atoms with Crippen LogP contribution in [0.2, 0.25) is 0 Å². The summed E-state index contributed by atoms with van der Waals surface area (Å²) in [5, 5.41) is 3.71. The molecule has 0 amide bonds. The summed E-state index contributed by atoms with van der Waals surface area (Å²) in [7, 11) is 0. The van der Waals surface area contributed by atoms with Crippen molar-refractivity contribution in [2.75, 3.05) is 44.8 Å². The predicted molar refractivity (Wildman–Crippen MR) is 90.7 cm³/mol. The molecule has 0 spiro atoms. The van der Waals surface area contributed by atoms with Crippen LogP contribution >= 0.6 is 12.2 Å². The van der Waals surface area contributed by atoms with Crippen molar-refractivity contribution >= 4 is 23.3 Å². The van der Waals surface area contributed by atoms with Gasteiger partial charge in [-0.3, -0.25) is 15.8 Å². The minimum atomic E-state index is 0.523. The van der Waals surface area contributed by atoms with Crippen LogP contribution in [-0.2, 0) is 4.74 Å². The van der Waals surface area contributed by atoms with E-state index in [1.54, 1.807) is 0 Å². The summed E-state index contributed by atoms with van der Waals surface area (Å²) in [6.07, 6.45) is 1.04. The quantitative estimate of drug-likeness (QED) is 0.399. The summed E-state index contributed by atoms with van der Waals surface area (Å²) in [4.78, 5) is 11.0. The molecular weight excluding hydrogens is 300 g/mol. The van der Waals surface area contributed by atoms with Crippen molar-refractivity contribution in [1.82, 2.24) is 25.6 Å². The van der Waals surface area contributed by atoms with Gasteiger partial charge in [0, 0.05) is 31.0 Å². The highest BCUT2D eigenvalue weighted by Gasteiger charge is 2.09. The molecule has 2 rings (SSSR count). The summed E-state index contributed by atoms with van der Waals surface area (Å²) in [6, 6.07) is 1.92. The molecule has 7 nitrogen and oxygen atoms in total. The molecule has 8 heteroatoms. The Hall–Kier alpha value is -1.51. The van der Waals surface area contributed by atoms with Crippen LogP contribution in [-0.4, -0.2) is 59.4 Å². The summed E-state index contributed by atoms with van der Waals surface area (Å²) in [6.45, 7) is 9.48. The van der Waals surface area contributed by atoms with Crippen molar-refractivity contribution in [2.45, 2.75) is 20.3 Å². The molecule has 0 unspecified atom stereocenters. The van der Waals surface area contributed by atoms with Gasteiger partial charge in [-0.1, -0.05) is 0 Å². The Balaban J connectivity index is 1.59. The van der Waals surface area contributed by atoms with E-state index in [9.17, 15) is 0 Å². The molecule has 122 valence electrons. The number of aromatic nitrogens is 2. The third-order valence-electron chi connectivity index (χ3n) is 3.31. The predicted octanol–water partition coefficient (Wildman–Crippen LogP) is 0.607. The maximum Gasteiger partial charge on any atom is 0.242 e. The van der Waals surface area contributed by atoms with Gasteiger partial charge in [0.15, 0.2) is 5.11 Å². The molecule has 0 aliphatic carbocycles. The lowest BCUT2D eigenvalue weighted by Gasteiger charge is -2.26. The fourth-order valence-electron chi connectivity index (χ4n) is 2.27. The van der Waals surface area contributed by atoms with Crippen LogP contribution in [0.4, 0.5) is 5.95 Å². The smallest absolute Gasteiger partial charge is 0.242 e. The number of nitrogens with one attached hydrogen (secondary N) is 3. The van der Waals surface area contributed by atoms with Crippen molar-refractivity contribution in [1.29, 1.82) is 0 Å². The molecule has 22 heavy (non-hydrogen) atoms. The maximum atomic E-state index is 5.33. The average molecular weight is 324 g/mol. The summed E-state index contributed by atoms with van der Waals surface area (Å²) < 4.78 is 5.33. The van der Waals surface area contributed by atoms with E-state index in [0.29, 0.717) is 11.1 Å². The molecule has 1 aliphatic rings. The van der Waals surface area contributed by atoms with Gasteiger partial charge in [0.2, 0.25) is 5.95 Å². The molecule has 0 saturated carbocycles. The SMILES string of the molecule is Cc1cc(C)nc(NNC(=S)NCCCN2CCOCC2)n1. The maximum absolute atomic E-state index is 5.33. The van der Waals surface area contributed by atoms with Crippen LogP contribution in [0.5, 0.6) is 0 Å². The van der Waals surface area contributed by atoms with Crippen LogP contribution < -0.4 is 16.2 Å². The normalized spacial score (nSPS) is 15.4. The first-order chi connectivity index (χ1) is 10.6. The molecule has 0 bridgehead atoms. The van der Waals surface area contributed by atoms with E-state index in [4.69, 9.17) is 17.0 Å². The fraction of sp³-hybridized carbons (Fsp3) is 0.643. The molecule has 0 atom stereocenters. The first-order valence-corrected chi connectivity index (χ1v) is 7.96. The molecule has 1 aromatic rings. The highest BCUT2D eigenvalue weighted by molar-refractivity contribution is 7.80. The average Bonchev–Trinajstić information content (AvgIpc) is 2.50. The van der Waals surface area contributed by atoms with E-state index in [1.165, 1.54) is 0 Å². The van der Waals surface area contributed by atoms with Crippen molar-refractivity contribution in [3.05, 3.63) is 17.5 Å². The van der Waals surface area contributed by atoms with Crippen molar-refractivity contribution in [3.8, 4) is 0 Å². The molecule has 1 saturated heterocycles. The molecule has 0 radical (unpaired) electrons. The number of hydrogen-bond acceptors (Lipinski definition) is 6. The first kappa shape index (κ1) is 16.9. The Morgan fingerprint density at radius 3 is 2.64 bits per heavy atom. The molecule has 1 aromatic heterocycles. The van der Waals surface area contributed by atoms with Crippen molar-refractivity contribution in [2.24, 2.45) is 0 Å². The van der Waals surface area contributed by atoms with Crippen molar-refractivity contribution in [3.63, 3.8) is 0 Å². The second-order valence-corrected chi connectivity index (χ2v) is 5.70. The zero-order valence-electron chi connectivity index (χ0n) is 13.2. The number of thiocarbonyl (C=S) groups is 1. The third-order valence-corrected chi connectivity index (χ3v) is 3.56. The van der Waals surface area contributed by atoms with Gasteiger partial charge in [-0.2, -0.15) is 0 Å². The van der Waals surface area contributed by atoms with Gasteiger partial charge < -0.3 is 10.1 Å². The lowest BCUT2D eigenvalue weighted by atomic mass is 10.3. The molecule has 0 aromatic carbocycles. The molecule has 1 aliphatic heterocycles. The van der Waals surface area contributed by atoms with Gasteiger partial charge in [-0.05, 0) is 45.1 Å². The topological polar surface area (TPSA) is 74.3 Å². The molecule has 2 heterocycles. The number of aryl methyl sites for hydroxylation is 2. The van der Waals surface area contributed by atoms with Crippen LogP contribution in [0.25, 0.3) is 0 Å². The lowest BCUT2D eigenvalue weighted by Crippen LogP contribution is -2.41. The van der Waals surface area contributed by atoms with Gasteiger partial charge in [-0.15, -0.1) is 0 Å². The van der Waals surface area contributed by atoms with Crippen LogP contribution in [0, 0.1) is 13.8 Å². The Morgan fingerprint density at radius 2 is 1.95 bits per heavy atom. The van der Waals surface area contributed by atoms with E-state index in [2.05, 4.69) is 31.0 Å². The van der Waals surface area contributed by atoms with Crippen LogP contribution in [0.15, 0.2) is 6.07 Å². The minimum absolute atomic E-state index is 0.523. The highest BCUT2D eigenvalue weighted by atomic mass is 32.1. The minimum Gasteiger partial charge on any atom is -0.379 e. The molecular formula is C14H24N6OS. The van der Waals surface area contributed by atoms with E-state index in [-0.39, 0.29) is 0 Å². The van der Waals surface area contributed by atoms with Crippen molar-refractivity contribution < 1.29 is 4.74 Å². The summed E-state index contributed by atoms with van der Waals surface area (Å²) in [5.41, 5.74) is 7.65. The number of ether oxygens (including phenoxy) is 1. The second kappa shape index (κ2) is 8.82. The van der Waals surface area contributed by atoms with E-state index >= 15 is 0 Å². The van der Waals surface area contributed by atoms with Gasteiger partial charge in [-0.25, -0.2) is 9.97 Å². The van der Waals surface area contributed by atoms with Crippen LogP contribution in [0.1, 0.15) is 17.8 Å². The first-order valence-electron chi connectivity index (χ1n) is 7.56. The van der Waals surface area contributed by atoms with E-state index in [0.717, 1.165) is 57.2 Å². The Kier molecular flexibility index (Phi) is 6.75. The monoisotopic (exact) mass is 324 g/mol. The standard InChI is InChI=1S/C14H24N6OS/c1-11-10-12(2)17-13(16-11)18-19-14(22)15-4-3-5-20-6-8-21-9-7-20/h10H,3-9H2,1-2H3,(H2,15,19,22)(H,16,17,18). The number of rotatable bonds is 6. The van der Waals surface area contributed by atoms with Gasteiger partial charge in [0.25, 0.3) is 0 Å². The number of morpholine rings is 1. The molecule has 1 fully saturated rings. The Labute approximate surface area is 136 Å².